The van der Waals surface area contributed by atoms with E-state index in [4.69, 9.17) is 0 Å². The zero-order valence-electron chi connectivity index (χ0n) is 14.2. The molecule has 138 valence electrons. The van der Waals surface area contributed by atoms with E-state index >= 15 is 0 Å². The van der Waals surface area contributed by atoms with E-state index in [1.54, 1.807) is 12.4 Å². The summed E-state index contributed by atoms with van der Waals surface area (Å²) in [5, 5.41) is 11.4. The molecule has 0 spiro atoms. The molecule has 3 rings (SSSR count). The summed E-state index contributed by atoms with van der Waals surface area (Å²) in [6.07, 6.45) is 6.87. The number of ketones is 1. The molecule has 9 heteroatoms. The molecule has 0 saturated carbocycles. The Hall–Kier alpha value is -1.46. The molecule has 7 nitrogen and oxygen atoms in total. The summed E-state index contributed by atoms with van der Waals surface area (Å²) in [6.45, 7) is 4.00. The molecule has 0 bridgehead atoms. The summed E-state index contributed by atoms with van der Waals surface area (Å²) in [5.74, 6) is 0.697. The van der Waals surface area contributed by atoms with Crippen LogP contribution in [-0.4, -0.2) is 52.0 Å². The van der Waals surface area contributed by atoms with Crippen LogP contribution >= 0.6 is 24.8 Å². The zero-order chi connectivity index (χ0) is 16.3. The van der Waals surface area contributed by atoms with Crippen molar-refractivity contribution in [3.8, 4) is 6.07 Å². The maximum atomic E-state index is 12.0. The number of nitriles is 1. The van der Waals surface area contributed by atoms with Gasteiger partial charge in [0.15, 0.2) is 11.3 Å². The molecule has 0 aliphatic carbocycles. The predicted molar refractivity (Wildman–Crippen MR) is 99.9 cm³/mol. The summed E-state index contributed by atoms with van der Waals surface area (Å²) in [4.78, 5) is 22.7. The van der Waals surface area contributed by atoms with Crippen LogP contribution in [0.5, 0.6) is 0 Å². The van der Waals surface area contributed by atoms with Crippen molar-refractivity contribution in [1.82, 2.24) is 20.4 Å². The number of aromatic nitrogens is 2. The molecule has 1 atom stereocenters. The number of hydrazine groups is 1. The SMILES string of the molecule is CC(=O)C1(C#N)CCCN1NC1CCN(c2ncccn2)CC1.Cl.Cl. The van der Waals surface area contributed by atoms with E-state index in [1.807, 2.05) is 11.1 Å². The van der Waals surface area contributed by atoms with E-state index in [1.165, 1.54) is 6.92 Å². The van der Waals surface area contributed by atoms with Gasteiger partial charge >= 0.3 is 0 Å². The first-order valence-corrected chi connectivity index (χ1v) is 8.14. The van der Waals surface area contributed by atoms with Gasteiger partial charge in [0, 0.05) is 38.1 Å². The molecular weight excluding hydrogens is 363 g/mol. The largest absolute Gasteiger partial charge is 0.341 e. The van der Waals surface area contributed by atoms with Crippen molar-refractivity contribution in [2.45, 2.75) is 44.2 Å². The van der Waals surface area contributed by atoms with E-state index in [9.17, 15) is 10.1 Å². The van der Waals surface area contributed by atoms with Crippen molar-refractivity contribution in [2.75, 3.05) is 24.5 Å². The minimum Gasteiger partial charge on any atom is -0.341 e. The number of rotatable bonds is 4. The lowest BCUT2D eigenvalue weighted by atomic mass is 9.94. The molecule has 0 amide bonds. The van der Waals surface area contributed by atoms with Crippen LogP contribution in [0.25, 0.3) is 0 Å². The van der Waals surface area contributed by atoms with Gasteiger partial charge in [-0.3, -0.25) is 10.2 Å². The monoisotopic (exact) mass is 386 g/mol. The Morgan fingerprint density at radius 1 is 1.28 bits per heavy atom. The van der Waals surface area contributed by atoms with Gasteiger partial charge in [0.25, 0.3) is 0 Å². The number of piperidine rings is 1. The van der Waals surface area contributed by atoms with Gasteiger partial charge in [-0.1, -0.05) is 0 Å². The summed E-state index contributed by atoms with van der Waals surface area (Å²) >= 11 is 0. The highest BCUT2D eigenvalue weighted by molar-refractivity contribution is 5.89. The van der Waals surface area contributed by atoms with Crippen LogP contribution in [0.15, 0.2) is 18.5 Å². The fourth-order valence-corrected chi connectivity index (χ4v) is 3.44. The van der Waals surface area contributed by atoms with E-state index < -0.39 is 5.54 Å². The smallest absolute Gasteiger partial charge is 0.225 e. The van der Waals surface area contributed by atoms with Crippen molar-refractivity contribution in [2.24, 2.45) is 0 Å². The van der Waals surface area contributed by atoms with E-state index in [2.05, 4.69) is 26.4 Å². The maximum Gasteiger partial charge on any atom is 0.225 e. The Labute approximate surface area is 160 Å². The van der Waals surface area contributed by atoms with Crippen LogP contribution in [0.2, 0.25) is 0 Å². The minimum atomic E-state index is -0.986. The second-order valence-corrected chi connectivity index (χ2v) is 6.22. The number of carbonyl (C=O) groups excluding carboxylic acids is 1. The first-order valence-electron chi connectivity index (χ1n) is 8.14. The lowest BCUT2D eigenvalue weighted by Crippen LogP contribution is -2.59. The van der Waals surface area contributed by atoms with E-state index in [0.29, 0.717) is 6.42 Å². The normalized spacial score (nSPS) is 24.1. The zero-order valence-corrected chi connectivity index (χ0v) is 15.9. The number of hydrogen-bond acceptors (Lipinski definition) is 7. The number of carbonyl (C=O) groups is 1. The highest BCUT2D eigenvalue weighted by Gasteiger charge is 2.46. The van der Waals surface area contributed by atoms with Gasteiger partial charge < -0.3 is 4.90 Å². The second kappa shape index (κ2) is 9.30. The summed E-state index contributed by atoms with van der Waals surface area (Å²) in [5.41, 5.74) is 2.45. The van der Waals surface area contributed by atoms with Gasteiger partial charge in [0.2, 0.25) is 5.95 Å². The lowest BCUT2D eigenvalue weighted by molar-refractivity contribution is -0.126. The van der Waals surface area contributed by atoms with Crippen molar-refractivity contribution in [1.29, 1.82) is 5.26 Å². The molecule has 1 aromatic rings. The van der Waals surface area contributed by atoms with Crippen molar-refractivity contribution in [3.63, 3.8) is 0 Å². The topological polar surface area (TPSA) is 85.2 Å². The van der Waals surface area contributed by atoms with Crippen LogP contribution in [0.1, 0.15) is 32.6 Å². The van der Waals surface area contributed by atoms with Gasteiger partial charge in [-0.05, 0) is 38.7 Å². The highest BCUT2D eigenvalue weighted by Crippen LogP contribution is 2.29. The Balaban J connectivity index is 0.00000156. The Morgan fingerprint density at radius 2 is 1.92 bits per heavy atom. The average molecular weight is 387 g/mol. The third kappa shape index (κ3) is 4.39. The lowest BCUT2D eigenvalue weighted by Gasteiger charge is -2.38. The van der Waals surface area contributed by atoms with Crippen LogP contribution < -0.4 is 10.3 Å². The standard InChI is InChI=1S/C16H22N6O.2ClH/c1-13(23)16(12-17)6-2-9-22(16)20-14-4-10-21(11-5-14)15-18-7-3-8-19-15;;/h3,7-8,14,20H,2,4-6,9-11H2,1H3;2*1H. The molecule has 2 aliphatic rings. The van der Waals surface area contributed by atoms with Crippen LogP contribution in [-0.2, 0) is 4.79 Å². The summed E-state index contributed by atoms with van der Waals surface area (Å²) in [7, 11) is 0. The number of nitrogens with zero attached hydrogens (tertiary/aromatic N) is 5. The third-order valence-electron chi connectivity index (χ3n) is 4.82. The van der Waals surface area contributed by atoms with Gasteiger partial charge in [-0.2, -0.15) is 5.26 Å². The molecule has 1 aromatic heterocycles. The number of hydrogen-bond donors (Lipinski definition) is 1. The van der Waals surface area contributed by atoms with Crippen molar-refractivity contribution in [3.05, 3.63) is 18.5 Å². The second-order valence-electron chi connectivity index (χ2n) is 6.22. The first-order chi connectivity index (χ1) is 11.2. The molecule has 1 unspecified atom stereocenters. The quantitative estimate of drug-likeness (QED) is 0.842. The molecule has 2 saturated heterocycles. The maximum absolute atomic E-state index is 12.0. The molecule has 0 radical (unpaired) electrons. The Morgan fingerprint density at radius 3 is 2.48 bits per heavy atom. The van der Waals surface area contributed by atoms with Crippen molar-refractivity contribution >= 4 is 36.5 Å². The summed E-state index contributed by atoms with van der Waals surface area (Å²) in [6, 6.07) is 4.33. The fraction of sp³-hybridized carbons (Fsp3) is 0.625. The molecule has 1 N–H and O–H groups in total. The van der Waals surface area contributed by atoms with Crippen LogP contribution in [0.3, 0.4) is 0 Å². The Kier molecular flexibility index (Phi) is 8.03. The van der Waals surface area contributed by atoms with Gasteiger partial charge in [-0.25, -0.2) is 15.0 Å². The average Bonchev–Trinajstić information content (AvgIpc) is 3.00. The fourth-order valence-electron chi connectivity index (χ4n) is 3.44. The highest BCUT2D eigenvalue weighted by atomic mass is 35.5. The van der Waals surface area contributed by atoms with Gasteiger partial charge in [0.1, 0.15) is 0 Å². The number of anilines is 1. The number of halogens is 2. The molecular formula is C16H24Cl2N6O. The Bertz CT molecular complexity index is 602. The van der Waals surface area contributed by atoms with Crippen LogP contribution in [0.4, 0.5) is 5.95 Å². The molecule has 25 heavy (non-hydrogen) atoms. The van der Waals surface area contributed by atoms with Gasteiger partial charge in [-0.15, -0.1) is 24.8 Å². The van der Waals surface area contributed by atoms with E-state index in [0.717, 1.165) is 44.8 Å². The molecule has 3 heterocycles. The molecule has 2 fully saturated rings. The summed E-state index contributed by atoms with van der Waals surface area (Å²) < 4.78 is 0. The first kappa shape index (κ1) is 21.6. The van der Waals surface area contributed by atoms with Gasteiger partial charge in [0.05, 0.1) is 6.07 Å². The van der Waals surface area contributed by atoms with Crippen molar-refractivity contribution < 1.29 is 4.79 Å². The third-order valence-corrected chi connectivity index (χ3v) is 4.82. The van der Waals surface area contributed by atoms with E-state index in [-0.39, 0.29) is 36.6 Å². The number of Topliss-reactive ketones (excluding diaryl/α,β-unsaturated/α-hetero) is 1. The molecule has 2 aliphatic heterocycles. The molecule has 0 aromatic carbocycles. The number of nitrogens with one attached hydrogen (secondary N) is 1. The van der Waals surface area contributed by atoms with Crippen LogP contribution in [0, 0.1) is 11.3 Å². The predicted octanol–water partition coefficient (Wildman–Crippen LogP) is 1.74. The minimum absolute atomic E-state index is 0.